The molecule has 1 rings (SSSR count). The molecule has 0 radical (unpaired) electrons. The van der Waals surface area contributed by atoms with Crippen LogP contribution in [0.5, 0.6) is 0 Å². The van der Waals surface area contributed by atoms with Crippen LogP contribution in [-0.4, -0.2) is 37.6 Å². The minimum atomic E-state index is 0.412. The van der Waals surface area contributed by atoms with Gasteiger partial charge in [-0.15, -0.1) is 0 Å². The standard InChI is InChI=1S/C16H34N2/c1-6-11-17-15-10-8-7-9-14(15)12-18(5)13-16(2,3)4/h14-15,17H,6-13H2,1-5H3. The first kappa shape index (κ1) is 16.0. The zero-order valence-corrected chi connectivity index (χ0v) is 13.3. The zero-order valence-electron chi connectivity index (χ0n) is 13.3. The van der Waals surface area contributed by atoms with Crippen LogP contribution in [0.1, 0.15) is 59.8 Å². The van der Waals surface area contributed by atoms with Crippen LogP contribution in [0.3, 0.4) is 0 Å². The van der Waals surface area contributed by atoms with Gasteiger partial charge in [0.05, 0.1) is 0 Å². The maximum absolute atomic E-state index is 3.76. The van der Waals surface area contributed by atoms with E-state index < -0.39 is 0 Å². The van der Waals surface area contributed by atoms with Crippen LogP contribution in [0.4, 0.5) is 0 Å². The van der Waals surface area contributed by atoms with Gasteiger partial charge in [-0.3, -0.25) is 0 Å². The molecule has 1 aliphatic rings. The van der Waals surface area contributed by atoms with E-state index in [1.54, 1.807) is 0 Å². The van der Waals surface area contributed by atoms with Crippen molar-refractivity contribution in [2.75, 3.05) is 26.7 Å². The molecule has 0 aliphatic heterocycles. The first-order valence-corrected chi connectivity index (χ1v) is 7.84. The van der Waals surface area contributed by atoms with E-state index in [2.05, 4.69) is 45.0 Å². The van der Waals surface area contributed by atoms with Gasteiger partial charge >= 0.3 is 0 Å². The highest BCUT2D eigenvalue weighted by atomic mass is 15.1. The van der Waals surface area contributed by atoms with Gasteiger partial charge in [-0.05, 0) is 44.2 Å². The average molecular weight is 254 g/mol. The second-order valence-electron chi connectivity index (χ2n) is 7.36. The summed E-state index contributed by atoms with van der Waals surface area (Å²) in [6, 6.07) is 0.765. The number of hydrogen-bond acceptors (Lipinski definition) is 2. The molecule has 1 saturated carbocycles. The van der Waals surface area contributed by atoms with E-state index in [0.717, 1.165) is 12.0 Å². The third kappa shape index (κ3) is 6.19. The van der Waals surface area contributed by atoms with Crippen LogP contribution in [0.15, 0.2) is 0 Å². The second-order valence-corrected chi connectivity index (χ2v) is 7.36. The van der Waals surface area contributed by atoms with E-state index in [4.69, 9.17) is 0 Å². The first-order valence-electron chi connectivity index (χ1n) is 7.84. The van der Waals surface area contributed by atoms with Gasteiger partial charge in [-0.25, -0.2) is 0 Å². The maximum Gasteiger partial charge on any atom is 0.0107 e. The average Bonchev–Trinajstić information content (AvgIpc) is 2.25. The molecule has 0 heterocycles. The van der Waals surface area contributed by atoms with Gasteiger partial charge in [0, 0.05) is 19.1 Å². The Morgan fingerprint density at radius 2 is 1.83 bits per heavy atom. The van der Waals surface area contributed by atoms with Gasteiger partial charge in [0.2, 0.25) is 0 Å². The molecular formula is C16H34N2. The summed E-state index contributed by atoms with van der Waals surface area (Å²) >= 11 is 0. The Morgan fingerprint density at radius 3 is 2.44 bits per heavy atom. The van der Waals surface area contributed by atoms with Crippen LogP contribution < -0.4 is 5.32 Å². The minimum absolute atomic E-state index is 0.412. The van der Waals surface area contributed by atoms with Crippen LogP contribution >= 0.6 is 0 Å². The molecule has 108 valence electrons. The summed E-state index contributed by atoms with van der Waals surface area (Å²) in [5, 5.41) is 3.76. The Bertz CT molecular complexity index is 220. The molecule has 2 heteroatoms. The van der Waals surface area contributed by atoms with Crippen molar-refractivity contribution in [1.82, 2.24) is 10.2 Å². The number of rotatable bonds is 6. The van der Waals surface area contributed by atoms with Gasteiger partial charge in [0.25, 0.3) is 0 Å². The smallest absolute Gasteiger partial charge is 0.0107 e. The van der Waals surface area contributed by atoms with Crippen molar-refractivity contribution in [2.24, 2.45) is 11.3 Å². The summed E-state index contributed by atoms with van der Waals surface area (Å²) < 4.78 is 0. The molecule has 0 amide bonds. The van der Waals surface area contributed by atoms with E-state index in [1.807, 2.05) is 0 Å². The van der Waals surface area contributed by atoms with Crippen molar-refractivity contribution in [1.29, 1.82) is 0 Å². The Balaban J connectivity index is 2.40. The molecule has 1 N–H and O–H groups in total. The lowest BCUT2D eigenvalue weighted by molar-refractivity contribution is 0.155. The summed E-state index contributed by atoms with van der Waals surface area (Å²) in [6.07, 6.45) is 6.89. The molecule has 0 aromatic heterocycles. The van der Waals surface area contributed by atoms with Crippen LogP contribution in [0, 0.1) is 11.3 Å². The quantitative estimate of drug-likeness (QED) is 0.780. The lowest BCUT2D eigenvalue weighted by atomic mass is 9.83. The van der Waals surface area contributed by atoms with E-state index >= 15 is 0 Å². The van der Waals surface area contributed by atoms with Crippen molar-refractivity contribution >= 4 is 0 Å². The lowest BCUT2D eigenvalue weighted by Gasteiger charge is -2.36. The molecule has 0 aromatic carbocycles. The van der Waals surface area contributed by atoms with Crippen molar-refractivity contribution < 1.29 is 0 Å². The molecule has 0 saturated heterocycles. The summed E-state index contributed by atoms with van der Waals surface area (Å²) in [7, 11) is 2.29. The van der Waals surface area contributed by atoms with Gasteiger partial charge in [0.15, 0.2) is 0 Å². The monoisotopic (exact) mass is 254 g/mol. The lowest BCUT2D eigenvalue weighted by Crippen LogP contribution is -2.45. The first-order chi connectivity index (χ1) is 8.42. The minimum Gasteiger partial charge on any atom is -0.314 e. The van der Waals surface area contributed by atoms with Gasteiger partial charge in [-0.2, -0.15) is 0 Å². The number of nitrogens with zero attached hydrogens (tertiary/aromatic N) is 1. The Labute approximate surface area is 115 Å². The molecule has 1 aliphatic carbocycles. The largest absolute Gasteiger partial charge is 0.314 e. The van der Waals surface area contributed by atoms with Crippen LogP contribution in [0.2, 0.25) is 0 Å². The van der Waals surface area contributed by atoms with E-state index in [-0.39, 0.29) is 0 Å². The molecule has 1 fully saturated rings. The van der Waals surface area contributed by atoms with Crippen molar-refractivity contribution in [3.8, 4) is 0 Å². The second kappa shape index (κ2) is 7.49. The summed E-state index contributed by atoms with van der Waals surface area (Å²) in [6.45, 7) is 12.9. The summed E-state index contributed by atoms with van der Waals surface area (Å²) in [4.78, 5) is 2.54. The predicted molar refractivity (Wildman–Crippen MR) is 81.0 cm³/mol. The Kier molecular flexibility index (Phi) is 6.65. The third-order valence-electron chi connectivity index (χ3n) is 3.86. The van der Waals surface area contributed by atoms with Gasteiger partial charge < -0.3 is 10.2 Å². The van der Waals surface area contributed by atoms with Crippen molar-refractivity contribution in [3.05, 3.63) is 0 Å². The van der Waals surface area contributed by atoms with Crippen molar-refractivity contribution in [2.45, 2.75) is 65.8 Å². The molecule has 2 nitrogen and oxygen atoms in total. The van der Waals surface area contributed by atoms with E-state index in [9.17, 15) is 0 Å². The topological polar surface area (TPSA) is 15.3 Å². The molecule has 0 bridgehead atoms. The fourth-order valence-corrected chi connectivity index (χ4v) is 3.30. The normalized spacial score (nSPS) is 25.7. The summed E-state index contributed by atoms with van der Waals surface area (Å²) in [5.74, 6) is 0.859. The fraction of sp³-hybridized carbons (Fsp3) is 1.00. The predicted octanol–water partition coefficient (Wildman–Crippen LogP) is 3.52. The Morgan fingerprint density at radius 1 is 1.17 bits per heavy atom. The zero-order chi connectivity index (χ0) is 13.6. The molecule has 18 heavy (non-hydrogen) atoms. The summed E-state index contributed by atoms with van der Waals surface area (Å²) in [5.41, 5.74) is 0.412. The molecule has 0 spiro atoms. The SMILES string of the molecule is CCCNC1CCCCC1CN(C)CC(C)(C)C. The van der Waals surface area contributed by atoms with Crippen LogP contribution in [-0.2, 0) is 0 Å². The van der Waals surface area contributed by atoms with E-state index in [1.165, 1.54) is 51.7 Å². The van der Waals surface area contributed by atoms with Gasteiger partial charge in [0.1, 0.15) is 0 Å². The number of nitrogens with one attached hydrogen (secondary N) is 1. The van der Waals surface area contributed by atoms with Crippen molar-refractivity contribution in [3.63, 3.8) is 0 Å². The van der Waals surface area contributed by atoms with Gasteiger partial charge in [-0.1, -0.05) is 40.5 Å². The van der Waals surface area contributed by atoms with E-state index in [0.29, 0.717) is 5.41 Å². The third-order valence-corrected chi connectivity index (χ3v) is 3.86. The highest BCUT2D eigenvalue weighted by molar-refractivity contribution is 4.83. The maximum atomic E-state index is 3.76. The molecule has 2 atom stereocenters. The Hall–Kier alpha value is -0.0800. The molecule has 2 unspecified atom stereocenters. The highest BCUT2D eigenvalue weighted by Crippen LogP contribution is 2.26. The molecule has 0 aromatic rings. The van der Waals surface area contributed by atoms with Crippen LogP contribution in [0.25, 0.3) is 0 Å². The fourth-order valence-electron chi connectivity index (χ4n) is 3.30. The highest BCUT2D eigenvalue weighted by Gasteiger charge is 2.26. The molecular weight excluding hydrogens is 220 g/mol. The number of hydrogen-bond donors (Lipinski definition) is 1.